The monoisotopic (exact) mass is 410 g/mol. The van der Waals surface area contributed by atoms with Gasteiger partial charge in [-0.25, -0.2) is 0 Å². The van der Waals surface area contributed by atoms with Gasteiger partial charge in [0, 0.05) is 0 Å². The highest BCUT2D eigenvalue weighted by Gasteiger charge is 2.40. The maximum atomic E-state index is 7.32. The van der Waals surface area contributed by atoms with E-state index in [9.17, 15) is 0 Å². The first-order valence-electron chi connectivity index (χ1n) is 12.0. The average molecular weight is 411 g/mol. The Bertz CT molecular complexity index is 335. The van der Waals surface area contributed by atoms with Gasteiger partial charge in [0.1, 0.15) is 0 Å². The summed E-state index contributed by atoms with van der Waals surface area (Å²) in [6.45, 7) is 17.3. The van der Waals surface area contributed by atoms with Crippen molar-refractivity contribution in [1.29, 1.82) is 0 Å². The summed E-state index contributed by atoms with van der Waals surface area (Å²) in [5.74, 6) is 0. The van der Waals surface area contributed by atoms with Gasteiger partial charge in [0.25, 0.3) is 0 Å². The minimum atomic E-state index is -1.58. The lowest BCUT2D eigenvalue weighted by molar-refractivity contribution is 0.491. The predicted molar refractivity (Wildman–Crippen MR) is 131 cm³/mol. The third kappa shape index (κ3) is 11.5. The Balaban J connectivity index is 4.80. The third-order valence-electron chi connectivity index (χ3n) is 6.59. The number of hydrogen-bond acceptors (Lipinski definition) is 1. The van der Waals surface area contributed by atoms with Crippen molar-refractivity contribution in [1.82, 2.24) is 0 Å². The average Bonchev–Trinajstić information content (AvgIpc) is 2.71. The molecular weight excluding hydrogens is 360 g/mol. The molecule has 0 aromatic carbocycles. The van der Waals surface area contributed by atoms with Crippen molar-refractivity contribution in [3.8, 4) is 0 Å². The number of allylic oxidation sites excluding steroid dienone is 2. The highest BCUT2D eigenvalue weighted by Crippen LogP contribution is 2.35. The maximum Gasteiger partial charge on any atom is 0.179 e. The number of unbranched alkanes of at least 4 members (excludes halogenated alkanes) is 8. The van der Waals surface area contributed by atoms with Crippen molar-refractivity contribution in [3.63, 3.8) is 0 Å². The van der Waals surface area contributed by atoms with Crippen LogP contribution in [0.4, 0.5) is 0 Å². The second-order valence-electron chi connectivity index (χ2n) is 8.37. The van der Waals surface area contributed by atoms with Crippen LogP contribution in [0.5, 0.6) is 0 Å². The molecule has 0 aromatic heterocycles. The quantitative estimate of drug-likeness (QED) is 0.110. The summed E-state index contributed by atoms with van der Waals surface area (Å²) >= 11 is 0. The summed E-state index contributed by atoms with van der Waals surface area (Å²) in [6.07, 6.45) is 17.3. The Morgan fingerprint density at radius 3 is 1.26 bits per heavy atom. The van der Waals surface area contributed by atoms with E-state index >= 15 is 0 Å². The van der Waals surface area contributed by atoms with Gasteiger partial charge >= 0.3 is 0 Å². The molecule has 0 saturated heterocycles. The molecule has 0 unspecified atom stereocenters. The van der Waals surface area contributed by atoms with Gasteiger partial charge in [-0.15, -0.1) is 13.2 Å². The Morgan fingerprint density at radius 1 is 0.556 bits per heavy atom. The van der Waals surface area contributed by atoms with Crippen LogP contribution in [0.3, 0.4) is 0 Å². The molecule has 0 aliphatic rings. The van der Waals surface area contributed by atoms with E-state index in [1.807, 2.05) is 0 Å². The van der Waals surface area contributed by atoms with Crippen LogP contribution < -0.4 is 0 Å². The summed E-state index contributed by atoms with van der Waals surface area (Å²) in [4.78, 5) is 0. The van der Waals surface area contributed by atoms with Gasteiger partial charge in [0.15, 0.2) is 16.6 Å². The van der Waals surface area contributed by atoms with Crippen LogP contribution in [0.15, 0.2) is 25.3 Å². The fraction of sp³-hybridized carbons (Fsp3) is 0.833. The van der Waals surface area contributed by atoms with E-state index in [1.165, 1.54) is 100 Å². The summed E-state index contributed by atoms with van der Waals surface area (Å²) in [6, 6.07) is 8.02. The van der Waals surface area contributed by atoms with Crippen LogP contribution in [0, 0.1) is 0 Å². The Morgan fingerprint density at radius 2 is 0.926 bits per heavy atom. The van der Waals surface area contributed by atoms with Crippen LogP contribution in [0.25, 0.3) is 0 Å². The summed E-state index contributed by atoms with van der Waals surface area (Å²) in [7, 11) is -3.08. The van der Waals surface area contributed by atoms with Gasteiger partial charge in [-0.1, -0.05) is 78.4 Å². The van der Waals surface area contributed by atoms with E-state index in [2.05, 4.69) is 53.0 Å². The van der Waals surface area contributed by atoms with Crippen molar-refractivity contribution in [2.45, 2.75) is 128 Å². The van der Waals surface area contributed by atoms with E-state index in [4.69, 9.17) is 4.12 Å². The molecule has 3 heteroatoms. The summed E-state index contributed by atoms with van der Waals surface area (Å²) in [5, 5.41) is 0. The minimum Gasteiger partial charge on any atom is -0.455 e. The first-order chi connectivity index (χ1) is 13.1. The molecule has 0 radical (unpaired) electrons. The van der Waals surface area contributed by atoms with Crippen LogP contribution in [0.1, 0.15) is 91.9 Å². The topological polar surface area (TPSA) is 9.23 Å². The molecule has 0 bridgehead atoms. The van der Waals surface area contributed by atoms with Gasteiger partial charge in [-0.2, -0.15) is 0 Å². The second kappa shape index (κ2) is 16.8. The smallest absolute Gasteiger partial charge is 0.179 e. The molecule has 0 saturated carbocycles. The fourth-order valence-electron chi connectivity index (χ4n) is 4.26. The minimum absolute atomic E-state index is 1.18. The second-order valence-corrected chi connectivity index (χ2v) is 17.7. The van der Waals surface area contributed by atoms with Crippen molar-refractivity contribution in [2.24, 2.45) is 0 Å². The van der Waals surface area contributed by atoms with E-state index in [0.29, 0.717) is 0 Å². The van der Waals surface area contributed by atoms with Gasteiger partial charge in [0.05, 0.1) is 0 Å². The van der Waals surface area contributed by atoms with Gasteiger partial charge in [0.2, 0.25) is 0 Å². The third-order valence-corrected chi connectivity index (χ3v) is 17.7. The number of rotatable bonds is 20. The Labute approximate surface area is 174 Å². The number of hydrogen-bond donors (Lipinski definition) is 0. The van der Waals surface area contributed by atoms with Crippen LogP contribution >= 0.6 is 0 Å². The Kier molecular flexibility index (Phi) is 16.7. The molecule has 0 aromatic rings. The molecule has 0 spiro atoms. The fourth-order valence-corrected chi connectivity index (χ4v) is 15.3. The maximum absolute atomic E-state index is 7.32. The molecular formula is C24H50OSi2. The lowest BCUT2D eigenvalue weighted by atomic mass is 10.1. The molecule has 1 nitrogen and oxygen atoms in total. The first kappa shape index (κ1) is 26.9. The van der Waals surface area contributed by atoms with Crippen molar-refractivity contribution in [3.05, 3.63) is 25.3 Å². The highest BCUT2D eigenvalue weighted by molar-refractivity contribution is 6.87. The molecule has 27 heavy (non-hydrogen) atoms. The molecule has 0 amide bonds. The van der Waals surface area contributed by atoms with Crippen molar-refractivity contribution < 1.29 is 4.12 Å². The molecule has 0 aliphatic heterocycles. The summed E-state index contributed by atoms with van der Waals surface area (Å²) < 4.78 is 7.32. The molecule has 0 N–H and O–H groups in total. The van der Waals surface area contributed by atoms with E-state index in [0.717, 1.165) is 0 Å². The zero-order valence-corrected chi connectivity index (χ0v) is 21.3. The zero-order chi connectivity index (χ0) is 20.4. The molecule has 0 heterocycles. The molecule has 0 atom stereocenters. The lowest BCUT2D eigenvalue weighted by Crippen LogP contribution is -2.50. The molecule has 0 fully saturated rings. The van der Waals surface area contributed by atoms with Crippen LogP contribution in [-0.4, -0.2) is 16.6 Å². The summed E-state index contributed by atoms with van der Waals surface area (Å²) in [5.41, 5.74) is 0. The van der Waals surface area contributed by atoms with E-state index in [1.54, 1.807) is 0 Å². The highest BCUT2D eigenvalue weighted by atomic mass is 28.4. The van der Waals surface area contributed by atoms with E-state index < -0.39 is 16.6 Å². The first-order valence-corrected chi connectivity index (χ1v) is 17.1. The molecule has 0 aliphatic carbocycles. The van der Waals surface area contributed by atoms with E-state index in [-0.39, 0.29) is 0 Å². The standard InChI is InChI=1S/C24H50OSi2/c1-7-13-15-17-19-21-23-27(12-6,24-22-20-18-16-14-8-2)25-26(9-3,10-4)11-5/h7-8H,1-2,9-24H2,3-6H3. The van der Waals surface area contributed by atoms with Gasteiger partial charge in [-0.3, -0.25) is 0 Å². The van der Waals surface area contributed by atoms with Crippen LogP contribution in [0.2, 0.25) is 36.3 Å². The normalized spacial score (nSPS) is 12.3. The predicted octanol–water partition coefficient (Wildman–Crippen LogP) is 9.25. The SMILES string of the molecule is C=CCCCCCC[Si](CC)(CCCCCCC=C)O[Si](CC)(CC)CC. The van der Waals surface area contributed by atoms with Crippen molar-refractivity contribution >= 4 is 16.6 Å². The lowest BCUT2D eigenvalue weighted by Gasteiger charge is -2.41. The molecule has 0 rings (SSSR count). The zero-order valence-electron chi connectivity index (χ0n) is 19.3. The Hall–Kier alpha value is -0.126. The molecule has 160 valence electrons. The van der Waals surface area contributed by atoms with Crippen molar-refractivity contribution in [2.75, 3.05) is 0 Å². The van der Waals surface area contributed by atoms with Crippen LogP contribution in [-0.2, 0) is 4.12 Å². The van der Waals surface area contributed by atoms with Gasteiger partial charge < -0.3 is 4.12 Å². The van der Waals surface area contributed by atoms with Gasteiger partial charge in [-0.05, 0) is 61.9 Å². The largest absolute Gasteiger partial charge is 0.455 e.